The second kappa shape index (κ2) is 7.47. The van der Waals surface area contributed by atoms with Gasteiger partial charge in [0.05, 0.1) is 24.5 Å². The van der Waals surface area contributed by atoms with E-state index in [-0.39, 0.29) is 16.6 Å². The molecule has 0 radical (unpaired) electrons. The molecule has 2 aliphatic rings. The van der Waals surface area contributed by atoms with Gasteiger partial charge in [-0.1, -0.05) is 30.9 Å². The summed E-state index contributed by atoms with van der Waals surface area (Å²) in [6.07, 6.45) is 9.57. The predicted molar refractivity (Wildman–Crippen MR) is 87.7 cm³/mol. The Morgan fingerprint density at radius 3 is 2.82 bits per heavy atom. The first-order valence-electron chi connectivity index (χ1n) is 8.34. The van der Waals surface area contributed by atoms with Gasteiger partial charge in [0, 0.05) is 13.2 Å². The van der Waals surface area contributed by atoms with Gasteiger partial charge in [-0.25, -0.2) is 4.68 Å². The zero-order valence-corrected chi connectivity index (χ0v) is 13.6. The van der Waals surface area contributed by atoms with Crippen LogP contribution in [0.3, 0.4) is 0 Å². The van der Waals surface area contributed by atoms with E-state index in [1.165, 1.54) is 6.42 Å². The summed E-state index contributed by atoms with van der Waals surface area (Å²) < 4.78 is 7.05. The third kappa shape index (κ3) is 3.63. The molecule has 1 aliphatic carbocycles. The summed E-state index contributed by atoms with van der Waals surface area (Å²) in [5.41, 5.74) is 0.475. The maximum atomic E-state index is 12.4. The first-order valence-corrected chi connectivity index (χ1v) is 8.72. The molecule has 5 nitrogen and oxygen atoms in total. The minimum absolute atomic E-state index is 0.168. The number of aromatic nitrogens is 2. The first-order chi connectivity index (χ1) is 10.8. The zero-order valence-electron chi connectivity index (χ0n) is 12.9. The predicted octanol–water partition coefficient (Wildman–Crippen LogP) is 3.24. The van der Waals surface area contributed by atoms with Crippen LogP contribution in [0.25, 0.3) is 0 Å². The van der Waals surface area contributed by atoms with Crippen LogP contribution in [0.1, 0.15) is 51.0 Å². The van der Waals surface area contributed by atoms with Crippen LogP contribution in [0.2, 0.25) is 5.02 Å². The van der Waals surface area contributed by atoms with Crippen molar-refractivity contribution >= 4 is 17.3 Å². The smallest absolute Gasteiger partial charge is 0.287 e. The molecule has 2 heterocycles. The van der Waals surface area contributed by atoms with Crippen molar-refractivity contribution in [2.24, 2.45) is 5.92 Å². The van der Waals surface area contributed by atoms with E-state index in [0.29, 0.717) is 11.6 Å². The third-order valence-corrected chi connectivity index (χ3v) is 5.07. The Balaban J connectivity index is 1.67. The van der Waals surface area contributed by atoms with Crippen LogP contribution in [0, 0.1) is 5.92 Å². The molecular weight excluding hydrogens is 302 g/mol. The van der Waals surface area contributed by atoms with E-state index in [0.717, 1.165) is 58.3 Å². The quantitative estimate of drug-likeness (QED) is 0.923. The van der Waals surface area contributed by atoms with Crippen LogP contribution in [-0.2, 0) is 4.74 Å². The number of hydrogen-bond acceptors (Lipinski definition) is 4. The lowest BCUT2D eigenvalue weighted by Gasteiger charge is -2.24. The van der Waals surface area contributed by atoms with E-state index in [9.17, 15) is 4.79 Å². The second-order valence-electron chi connectivity index (χ2n) is 6.38. The minimum atomic E-state index is -0.168. The highest BCUT2D eigenvalue weighted by Gasteiger charge is 2.20. The van der Waals surface area contributed by atoms with Gasteiger partial charge in [-0.2, -0.15) is 5.10 Å². The monoisotopic (exact) mass is 325 g/mol. The number of nitrogens with zero attached hydrogens (tertiary/aromatic N) is 2. The van der Waals surface area contributed by atoms with Gasteiger partial charge < -0.3 is 10.1 Å². The highest BCUT2D eigenvalue weighted by atomic mass is 35.5. The van der Waals surface area contributed by atoms with Gasteiger partial charge in [-0.15, -0.1) is 0 Å². The summed E-state index contributed by atoms with van der Waals surface area (Å²) in [4.78, 5) is 12.4. The lowest BCUT2D eigenvalue weighted by molar-refractivity contribution is 0.0595. The van der Waals surface area contributed by atoms with Crippen molar-refractivity contribution in [3.05, 3.63) is 21.6 Å². The number of hydrogen-bond donors (Lipinski definition) is 1. The van der Waals surface area contributed by atoms with Crippen molar-refractivity contribution in [3.8, 4) is 0 Å². The topological polar surface area (TPSA) is 56.1 Å². The lowest BCUT2D eigenvalue weighted by Crippen LogP contribution is -2.30. The lowest BCUT2D eigenvalue weighted by atomic mass is 9.96. The number of halogens is 1. The van der Waals surface area contributed by atoms with Crippen LogP contribution >= 0.6 is 11.6 Å². The fraction of sp³-hybridized carbons (Fsp3) is 0.750. The van der Waals surface area contributed by atoms with Crippen LogP contribution in [0.4, 0.5) is 5.69 Å². The van der Waals surface area contributed by atoms with Gasteiger partial charge in [-0.05, 0) is 31.6 Å². The van der Waals surface area contributed by atoms with Crippen LogP contribution in [0.15, 0.2) is 11.0 Å². The molecule has 3 rings (SSSR count). The van der Waals surface area contributed by atoms with E-state index in [2.05, 4.69) is 10.4 Å². The van der Waals surface area contributed by atoms with E-state index < -0.39 is 0 Å². The fourth-order valence-electron chi connectivity index (χ4n) is 3.38. The van der Waals surface area contributed by atoms with E-state index >= 15 is 0 Å². The third-order valence-electron chi connectivity index (χ3n) is 4.70. The Hall–Kier alpha value is -1.07. The summed E-state index contributed by atoms with van der Waals surface area (Å²) >= 11 is 6.27. The van der Waals surface area contributed by atoms with Crippen LogP contribution in [-0.4, -0.2) is 29.5 Å². The van der Waals surface area contributed by atoms with Crippen molar-refractivity contribution in [3.63, 3.8) is 0 Å². The second-order valence-corrected chi connectivity index (χ2v) is 6.76. The molecule has 1 aromatic rings. The molecule has 1 saturated heterocycles. The Kier molecular flexibility index (Phi) is 5.37. The van der Waals surface area contributed by atoms with Crippen molar-refractivity contribution in [2.45, 2.75) is 51.0 Å². The fourth-order valence-corrected chi connectivity index (χ4v) is 3.58. The SMILES string of the molecule is O=c1c(Cl)c(NCC2CCCOC2)cnn1C1CCCCC1. The number of ether oxygens (including phenoxy) is 1. The van der Waals surface area contributed by atoms with Gasteiger partial charge in [0.1, 0.15) is 5.02 Å². The molecule has 1 atom stereocenters. The molecule has 1 N–H and O–H groups in total. The largest absolute Gasteiger partial charge is 0.382 e. The molecular formula is C16H24ClN3O2. The van der Waals surface area contributed by atoms with Gasteiger partial charge >= 0.3 is 0 Å². The van der Waals surface area contributed by atoms with Crippen LogP contribution in [0.5, 0.6) is 0 Å². The van der Waals surface area contributed by atoms with E-state index in [1.54, 1.807) is 10.9 Å². The number of nitrogens with one attached hydrogen (secondary N) is 1. The summed E-state index contributed by atoms with van der Waals surface area (Å²) in [7, 11) is 0. The number of anilines is 1. The maximum absolute atomic E-state index is 12.4. The molecule has 122 valence electrons. The average Bonchev–Trinajstić information content (AvgIpc) is 2.58. The minimum Gasteiger partial charge on any atom is -0.382 e. The highest BCUT2D eigenvalue weighted by Crippen LogP contribution is 2.27. The Bertz CT molecular complexity index is 549. The van der Waals surface area contributed by atoms with Gasteiger partial charge in [0.2, 0.25) is 0 Å². The summed E-state index contributed by atoms with van der Waals surface area (Å²) in [6, 6.07) is 0.208. The molecule has 1 unspecified atom stereocenters. The Morgan fingerprint density at radius 2 is 2.09 bits per heavy atom. The summed E-state index contributed by atoms with van der Waals surface area (Å²) in [6.45, 7) is 2.40. The van der Waals surface area contributed by atoms with Crippen LogP contribution < -0.4 is 10.9 Å². The van der Waals surface area contributed by atoms with Gasteiger partial charge in [0.15, 0.2) is 0 Å². The first kappa shape index (κ1) is 15.8. The number of rotatable bonds is 4. The van der Waals surface area contributed by atoms with Gasteiger partial charge in [-0.3, -0.25) is 4.79 Å². The molecule has 1 aromatic heterocycles. The van der Waals surface area contributed by atoms with E-state index in [1.807, 2.05) is 0 Å². The maximum Gasteiger partial charge on any atom is 0.287 e. The Morgan fingerprint density at radius 1 is 1.27 bits per heavy atom. The van der Waals surface area contributed by atoms with Crippen molar-refractivity contribution in [1.82, 2.24) is 9.78 Å². The molecule has 0 amide bonds. The molecule has 1 aliphatic heterocycles. The zero-order chi connectivity index (χ0) is 15.4. The molecule has 0 aromatic carbocycles. The Labute approximate surface area is 136 Å². The normalized spacial score (nSPS) is 23.4. The van der Waals surface area contributed by atoms with E-state index in [4.69, 9.17) is 16.3 Å². The molecule has 0 bridgehead atoms. The molecule has 2 fully saturated rings. The molecule has 22 heavy (non-hydrogen) atoms. The summed E-state index contributed by atoms with van der Waals surface area (Å²) in [5.74, 6) is 0.477. The molecule has 1 saturated carbocycles. The molecule has 6 heteroatoms. The average molecular weight is 326 g/mol. The van der Waals surface area contributed by atoms with Gasteiger partial charge in [0.25, 0.3) is 5.56 Å². The van der Waals surface area contributed by atoms with Crippen molar-refractivity contribution in [2.75, 3.05) is 25.1 Å². The standard InChI is InChI=1S/C16H24ClN3O2/c17-15-14(18-9-12-5-4-8-22-11-12)10-19-20(16(15)21)13-6-2-1-3-7-13/h10,12-13,18H,1-9,11H2. The summed E-state index contributed by atoms with van der Waals surface area (Å²) in [5, 5.41) is 7.88. The van der Waals surface area contributed by atoms with Crippen molar-refractivity contribution < 1.29 is 4.74 Å². The highest BCUT2D eigenvalue weighted by molar-refractivity contribution is 6.32. The van der Waals surface area contributed by atoms with Crippen molar-refractivity contribution in [1.29, 1.82) is 0 Å². The molecule has 0 spiro atoms.